The van der Waals surface area contributed by atoms with Gasteiger partial charge in [0.1, 0.15) is 0 Å². The van der Waals surface area contributed by atoms with Crippen molar-refractivity contribution in [2.24, 2.45) is 0 Å². The molecule has 0 saturated heterocycles. The number of rotatable bonds is 19. The molecule has 0 spiro atoms. The molecule has 1 heteroatoms. The summed E-state index contributed by atoms with van der Waals surface area (Å²) in [6.07, 6.45) is 26.0. The van der Waals surface area contributed by atoms with Crippen molar-refractivity contribution >= 4 is 0 Å². The van der Waals surface area contributed by atoms with E-state index in [2.05, 4.69) is 13.8 Å². The summed E-state index contributed by atoms with van der Waals surface area (Å²) in [4.78, 5) is 0. The molecule has 0 aliphatic heterocycles. The van der Waals surface area contributed by atoms with Crippen LogP contribution in [0, 0.1) is 0 Å². The highest BCUT2D eigenvalue weighted by atomic mass is 16.3. The van der Waals surface area contributed by atoms with Gasteiger partial charge in [-0.1, -0.05) is 123 Å². The molecule has 0 rings (SSSR count). The maximum Gasteiger partial charge on any atom is 0.0537 e. The Balaban J connectivity index is 2.97. The van der Waals surface area contributed by atoms with Crippen LogP contribution in [0.2, 0.25) is 0 Å². The Hall–Kier alpha value is -0.0400. The number of unbranched alkanes of at least 4 members (excludes halogenated alkanes) is 16. The molecule has 0 aromatic heterocycles. The van der Waals surface area contributed by atoms with Crippen LogP contribution in [0.3, 0.4) is 0 Å². The van der Waals surface area contributed by atoms with Gasteiger partial charge in [-0.3, -0.25) is 0 Å². The lowest BCUT2D eigenvalue weighted by molar-refractivity contribution is 0.156. The second kappa shape index (κ2) is 20.0. The summed E-state index contributed by atoms with van der Waals surface area (Å²) < 4.78 is 0. The van der Waals surface area contributed by atoms with Gasteiger partial charge < -0.3 is 5.11 Å². The van der Waals surface area contributed by atoms with Gasteiger partial charge >= 0.3 is 0 Å². The molecule has 0 aliphatic carbocycles. The highest BCUT2D eigenvalue weighted by Crippen LogP contribution is 2.14. The van der Waals surface area contributed by atoms with Crippen LogP contribution < -0.4 is 0 Å². The third-order valence-corrected chi connectivity index (χ3v) is 5.11. The highest BCUT2D eigenvalue weighted by molar-refractivity contribution is 4.54. The second-order valence-corrected chi connectivity index (χ2v) is 7.51. The first-order valence-corrected chi connectivity index (χ1v) is 11.0. The zero-order valence-corrected chi connectivity index (χ0v) is 16.5. The molecule has 1 nitrogen and oxygen atoms in total. The molecule has 0 aromatic rings. The minimum Gasteiger partial charge on any atom is -0.393 e. The number of aliphatic hydroxyl groups is 1. The van der Waals surface area contributed by atoms with E-state index in [1.807, 2.05) is 0 Å². The lowest BCUT2D eigenvalue weighted by Crippen LogP contribution is -2.03. The lowest BCUT2D eigenvalue weighted by Gasteiger charge is -2.06. The van der Waals surface area contributed by atoms with E-state index in [0.717, 1.165) is 12.8 Å². The fourth-order valence-corrected chi connectivity index (χ4v) is 3.31. The average molecular weight is 327 g/mol. The summed E-state index contributed by atoms with van der Waals surface area (Å²) in [5, 5.41) is 9.48. The fraction of sp³-hybridized carbons (Fsp3) is 1.00. The molecule has 1 N–H and O–H groups in total. The smallest absolute Gasteiger partial charge is 0.0537 e. The normalized spacial score (nSPS) is 12.7. The highest BCUT2D eigenvalue weighted by Gasteiger charge is 1.99. The van der Waals surface area contributed by atoms with Crippen LogP contribution in [-0.2, 0) is 0 Å². The van der Waals surface area contributed by atoms with Crippen molar-refractivity contribution in [1.82, 2.24) is 0 Å². The predicted molar refractivity (Wildman–Crippen MR) is 105 cm³/mol. The zero-order chi connectivity index (χ0) is 17.0. The quantitative estimate of drug-likeness (QED) is 0.240. The molecule has 0 fully saturated rings. The van der Waals surface area contributed by atoms with Gasteiger partial charge in [-0.15, -0.1) is 0 Å². The standard InChI is InChI=1S/C22H46O/c1-3-5-6-7-8-9-10-11-12-13-14-15-16-17-18-19-20-21-22(23)4-2/h22-23H,3-21H2,1-2H3. The Labute approximate surface area is 147 Å². The molecular weight excluding hydrogens is 280 g/mol. The van der Waals surface area contributed by atoms with E-state index in [9.17, 15) is 5.11 Å². The van der Waals surface area contributed by atoms with Crippen molar-refractivity contribution in [2.75, 3.05) is 0 Å². The summed E-state index contributed by atoms with van der Waals surface area (Å²) in [5.41, 5.74) is 0. The Kier molecular flexibility index (Phi) is 20.0. The SMILES string of the molecule is CCCCCCCCCCCCCCCCCCCC(O)CC. The monoisotopic (exact) mass is 326 g/mol. The lowest BCUT2D eigenvalue weighted by atomic mass is 10.0. The summed E-state index contributed by atoms with van der Waals surface area (Å²) in [6.45, 7) is 4.36. The Morgan fingerprint density at radius 2 is 0.783 bits per heavy atom. The molecule has 0 amide bonds. The van der Waals surface area contributed by atoms with Crippen LogP contribution in [-0.4, -0.2) is 11.2 Å². The molecular formula is C22H46O. The first-order chi connectivity index (χ1) is 11.3. The third-order valence-electron chi connectivity index (χ3n) is 5.11. The van der Waals surface area contributed by atoms with E-state index >= 15 is 0 Å². The third kappa shape index (κ3) is 19.9. The number of aliphatic hydroxyl groups excluding tert-OH is 1. The van der Waals surface area contributed by atoms with E-state index in [1.54, 1.807) is 0 Å². The van der Waals surface area contributed by atoms with E-state index in [1.165, 1.54) is 109 Å². The molecule has 1 unspecified atom stereocenters. The van der Waals surface area contributed by atoms with Gasteiger partial charge in [0.2, 0.25) is 0 Å². The zero-order valence-electron chi connectivity index (χ0n) is 16.5. The Morgan fingerprint density at radius 1 is 0.478 bits per heavy atom. The van der Waals surface area contributed by atoms with Crippen LogP contribution in [0.4, 0.5) is 0 Å². The van der Waals surface area contributed by atoms with Crippen molar-refractivity contribution in [3.63, 3.8) is 0 Å². The van der Waals surface area contributed by atoms with Crippen LogP contribution in [0.25, 0.3) is 0 Å². The molecule has 140 valence electrons. The average Bonchev–Trinajstić information content (AvgIpc) is 2.57. The number of hydrogen-bond donors (Lipinski definition) is 1. The summed E-state index contributed by atoms with van der Waals surface area (Å²) in [6, 6.07) is 0. The Bertz CT molecular complexity index is 202. The fourth-order valence-electron chi connectivity index (χ4n) is 3.31. The first kappa shape index (κ1) is 23.0. The van der Waals surface area contributed by atoms with Gasteiger partial charge in [0.25, 0.3) is 0 Å². The minimum atomic E-state index is -0.0497. The topological polar surface area (TPSA) is 20.2 Å². The Morgan fingerprint density at radius 3 is 1.09 bits per heavy atom. The van der Waals surface area contributed by atoms with Crippen LogP contribution in [0.15, 0.2) is 0 Å². The van der Waals surface area contributed by atoms with E-state index in [0.29, 0.717) is 0 Å². The maximum absolute atomic E-state index is 9.48. The number of hydrogen-bond acceptors (Lipinski definition) is 1. The van der Waals surface area contributed by atoms with Crippen LogP contribution >= 0.6 is 0 Å². The van der Waals surface area contributed by atoms with Crippen molar-refractivity contribution in [1.29, 1.82) is 0 Å². The van der Waals surface area contributed by atoms with Crippen molar-refractivity contribution < 1.29 is 5.11 Å². The summed E-state index contributed by atoms with van der Waals surface area (Å²) >= 11 is 0. The van der Waals surface area contributed by atoms with Gasteiger partial charge in [-0.05, 0) is 12.8 Å². The molecule has 1 atom stereocenters. The van der Waals surface area contributed by atoms with E-state index < -0.39 is 0 Å². The predicted octanol–water partition coefficient (Wildman–Crippen LogP) is 7.80. The van der Waals surface area contributed by atoms with E-state index in [-0.39, 0.29) is 6.10 Å². The van der Waals surface area contributed by atoms with Gasteiger partial charge in [-0.25, -0.2) is 0 Å². The van der Waals surface area contributed by atoms with Gasteiger partial charge in [0, 0.05) is 0 Å². The maximum atomic E-state index is 9.48. The van der Waals surface area contributed by atoms with Gasteiger partial charge in [-0.2, -0.15) is 0 Å². The van der Waals surface area contributed by atoms with Gasteiger partial charge in [0.05, 0.1) is 6.10 Å². The molecule has 0 saturated carbocycles. The summed E-state index contributed by atoms with van der Waals surface area (Å²) in [5.74, 6) is 0. The van der Waals surface area contributed by atoms with Crippen LogP contribution in [0.1, 0.15) is 136 Å². The van der Waals surface area contributed by atoms with E-state index in [4.69, 9.17) is 0 Å². The van der Waals surface area contributed by atoms with Crippen LogP contribution in [0.5, 0.6) is 0 Å². The molecule has 0 heterocycles. The van der Waals surface area contributed by atoms with Crippen molar-refractivity contribution in [3.05, 3.63) is 0 Å². The molecule has 0 radical (unpaired) electrons. The molecule has 0 bridgehead atoms. The van der Waals surface area contributed by atoms with Crippen molar-refractivity contribution in [2.45, 2.75) is 142 Å². The molecule has 0 aromatic carbocycles. The summed E-state index contributed by atoms with van der Waals surface area (Å²) in [7, 11) is 0. The second-order valence-electron chi connectivity index (χ2n) is 7.51. The van der Waals surface area contributed by atoms with Crippen molar-refractivity contribution in [3.8, 4) is 0 Å². The minimum absolute atomic E-state index is 0.0497. The molecule has 23 heavy (non-hydrogen) atoms. The largest absolute Gasteiger partial charge is 0.393 e. The first-order valence-electron chi connectivity index (χ1n) is 11.0. The van der Waals surface area contributed by atoms with Gasteiger partial charge in [0.15, 0.2) is 0 Å². The molecule has 0 aliphatic rings.